The van der Waals surface area contributed by atoms with E-state index in [-0.39, 0.29) is 0 Å². The van der Waals surface area contributed by atoms with E-state index in [9.17, 15) is 5.11 Å². The molecule has 2 heterocycles. The van der Waals surface area contributed by atoms with Crippen LogP contribution in [0.5, 0.6) is 5.75 Å². The van der Waals surface area contributed by atoms with Gasteiger partial charge >= 0.3 is 0 Å². The molecule has 0 bridgehead atoms. The van der Waals surface area contributed by atoms with Crippen molar-refractivity contribution in [3.8, 4) is 28.0 Å². The molecule has 0 amide bonds. The number of fused-ring (bicyclic) bond motifs is 4. The Labute approximate surface area is 169 Å². The van der Waals surface area contributed by atoms with Gasteiger partial charge < -0.3 is 20.1 Å². The van der Waals surface area contributed by atoms with Crippen LogP contribution in [0.1, 0.15) is 22.2 Å². The summed E-state index contributed by atoms with van der Waals surface area (Å²) in [5, 5.41) is 15.7. The zero-order valence-electron chi connectivity index (χ0n) is 16.3. The second-order valence-electron chi connectivity index (χ2n) is 7.82. The van der Waals surface area contributed by atoms with Gasteiger partial charge in [-0.2, -0.15) is 0 Å². The van der Waals surface area contributed by atoms with Crippen molar-refractivity contribution in [1.29, 1.82) is 0 Å². The Bertz CT molecular complexity index is 1060. The number of methoxy groups -OCH3 is 1. The molecule has 1 aromatic heterocycles. The van der Waals surface area contributed by atoms with E-state index >= 15 is 0 Å². The average Bonchev–Trinajstić information content (AvgIpc) is 3.34. The zero-order valence-corrected chi connectivity index (χ0v) is 17.1. The Morgan fingerprint density at radius 3 is 2.68 bits per heavy atom. The second kappa shape index (κ2) is 6.62. The molecule has 0 spiro atoms. The van der Waals surface area contributed by atoms with Crippen LogP contribution in [0.15, 0.2) is 41.8 Å². The van der Waals surface area contributed by atoms with Crippen LogP contribution in [0.3, 0.4) is 0 Å². The van der Waals surface area contributed by atoms with Crippen molar-refractivity contribution < 1.29 is 9.84 Å². The molecule has 0 saturated heterocycles. The number of aliphatic hydroxyl groups excluding tert-OH is 1. The Balaban J connectivity index is 1.69. The molecule has 5 rings (SSSR count). The molecule has 4 nitrogen and oxygen atoms in total. The first kappa shape index (κ1) is 17.7. The van der Waals surface area contributed by atoms with Gasteiger partial charge in [-0.3, -0.25) is 0 Å². The molecule has 28 heavy (non-hydrogen) atoms. The lowest BCUT2D eigenvalue weighted by Gasteiger charge is -2.27. The Morgan fingerprint density at radius 1 is 1.07 bits per heavy atom. The van der Waals surface area contributed by atoms with E-state index in [1.54, 1.807) is 18.4 Å². The van der Waals surface area contributed by atoms with Crippen LogP contribution in [0, 0.1) is 0 Å². The number of hydrogen-bond donors (Lipinski definition) is 2. The number of rotatable bonds is 3. The van der Waals surface area contributed by atoms with Crippen molar-refractivity contribution >= 4 is 17.0 Å². The third-order valence-corrected chi connectivity index (χ3v) is 7.00. The van der Waals surface area contributed by atoms with Gasteiger partial charge in [0.15, 0.2) is 6.23 Å². The zero-order chi connectivity index (χ0) is 19.4. The normalized spacial score (nSPS) is 19.8. The summed E-state index contributed by atoms with van der Waals surface area (Å²) >= 11 is 1.58. The first-order chi connectivity index (χ1) is 13.6. The molecule has 1 aliphatic carbocycles. The number of ether oxygens (including phenoxy) is 1. The van der Waals surface area contributed by atoms with Gasteiger partial charge in [0.25, 0.3) is 0 Å². The van der Waals surface area contributed by atoms with Gasteiger partial charge in [0.2, 0.25) is 0 Å². The van der Waals surface area contributed by atoms with Crippen LogP contribution < -0.4 is 10.1 Å². The lowest BCUT2D eigenvalue weighted by atomic mass is 9.89. The molecular formula is C23H24N2O2S. The maximum absolute atomic E-state index is 10.5. The van der Waals surface area contributed by atoms with Gasteiger partial charge in [-0.15, -0.1) is 11.3 Å². The maximum Gasteiger partial charge on any atom is 0.160 e. The van der Waals surface area contributed by atoms with E-state index in [1.165, 1.54) is 16.7 Å². The number of likely N-dealkylation sites (N-methyl/N-ethyl adjacent to an activating group) is 1. The van der Waals surface area contributed by atoms with Gasteiger partial charge in [0, 0.05) is 28.4 Å². The van der Waals surface area contributed by atoms with Crippen molar-refractivity contribution in [2.75, 3.05) is 26.5 Å². The SMILES string of the molecule is COc1ccc2c(c1-c1ccc3c(c1)CC(N(C)C)C3)-c1ccsc1C(O)N2. The molecule has 2 unspecified atom stereocenters. The molecule has 0 saturated carbocycles. The van der Waals surface area contributed by atoms with E-state index in [2.05, 4.69) is 48.6 Å². The molecule has 5 heteroatoms. The number of hydrogen-bond acceptors (Lipinski definition) is 5. The van der Waals surface area contributed by atoms with E-state index < -0.39 is 6.23 Å². The summed E-state index contributed by atoms with van der Waals surface area (Å²) < 4.78 is 5.77. The first-order valence-electron chi connectivity index (χ1n) is 9.58. The van der Waals surface area contributed by atoms with Crippen molar-refractivity contribution in [3.63, 3.8) is 0 Å². The molecule has 144 valence electrons. The molecule has 3 aromatic rings. The summed E-state index contributed by atoms with van der Waals surface area (Å²) in [6, 6.07) is 13.5. The fourth-order valence-corrected chi connectivity index (χ4v) is 5.34. The molecule has 0 fully saturated rings. The topological polar surface area (TPSA) is 44.7 Å². The highest BCUT2D eigenvalue weighted by molar-refractivity contribution is 7.10. The number of thiophene rings is 1. The molecule has 1 aliphatic heterocycles. The summed E-state index contributed by atoms with van der Waals surface area (Å²) in [5.41, 5.74) is 8.27. The highest BCUT2D eigenvalue weighted by Crippen LogP contribution is 2.50. The molecule has 2 aromatic carbocycles. The maximum atomic E-state index is 10.5. The summed E-state index contributed by atoms with van der Waals surface area (Å²) in [4.78, 5) is 3.27. The fraction of sp³-hybridized carbons (Fsp3) is 0.304. The second-order valence-corrected chi connectivity index (χ2v) is 8.77. The van der Waals surface area contributed by atoms with Crippen LogP contribution in [-0.4, -0.2) is 37.3 Å². The van der Waals surface area contributed by atoms with E-state index in [4.69, 9.17) is 4.74 Å². The summed E-state index contributed by atoms with van der Waals surface area (Å²) in [7, 11) is 6.03. The number of aliphatic hydroxyl groups is 1. The molecule has 0 radical (unpaired) electrons. The molecule has 2 N–H and O–H groups in total. The third-order valence-electron chi connectivity index (χ3n) is 6.03. The van der Waals surface area contributed by atoms with Crippen molar-refractivity contribution in [2.45, 2.75) is 25.1 Å². The van der Waals surface area contributed by atoms with Crippen LogP contribution in [-0.2, 0) is 12.8 Å². The average molecular weight is 393 g/mol. The summed E-state index contributed by atoms with van der Waals surface area (Å²) in [6.07, 6.45) is 1.52. The van der Waals surface area contributed by atoms with Crippen molar-refractivity contribution in [3.05, 3.63) is 57.8 Å². The van der Waals surface area contributed by atoms with Crippen molar-refractivity contribution in [1.82, 2.24) is 4.90 Å². The Kier molecular flexibility index (Phi) is 4.19. The van der Waals surface area contributed by atoms with Crippen LogP contribution in [0.4, 0.5) is 5.69 Å². The summed E-state index contributed by atoms with van der Waals surface area (Å²) in [6.45, 7) is 0. The lowest BCUT2D eigenvalue weighted by Crippen LogP contribution is -2.27. The van der Waals surface area contributed by atoms with Gasteiger partial charge in [0.05, 0.1) is 12.0 Å². The predicted molar refractivity (Wildman–Crippen MR) is 115 cm³/mol. The summed E-state index contributed by atoms with van der Waals surface area (Å²) in [5.74, 6) is 0.858. The van der Waals surface area contributed by atoms with Gasteiger partial charge in [-0.1, -0.05) is 18.2 Å². The quantitative estimate of drug-likeness (QED) is 0.687. The first-order valence-corrected chi connectivity index (χ1v) is 10.5. The van der Waals surface area contributed by atoms with Crippen LogP contribution >= 0.6 is 11.3 Å². The largest absolute Gasteiger partial charge is 0.496 e. The highest BCUT2D eigenvalue weighted by atomic mass is 32.1. The number of nitrogens with zero attached hydrogens (tertiary/aromatic N) is 1. The third kappa shape index (κ3) is 2.65. The molecule has 2 aliphatic rings. The minimum Gasteiger partial charge on any atom is -0.496 e. The van der Waals surface area contributed by atoms with E-state index in [1.807, 2.05) is 17.5 Å². The minimum atomic E-state index is -0.662. The van der Waals surface area contributed by atoms with Crippen LogP contribution in [0.25, 0.3) is 22.3 Å². The van der Waals surface area contributed by atoms with Gasteiger partial charge in [0.1, 0.15) is 5.75 Å². The highest BCUT2D eigenvalue weighted by Gasteiger charge is 2.29. The van der Waals surface area contributed by atoms with Gasteiger partial charge in [-0.25, -0.2) is 0 Å². The minimum absolute atomic E-state index is 0.567. The predicted octanol–water partition coefficient (Wildman–Crippen LogP) is 4.54. The van der Waals surface area contributed by atoms with Gasteiger partial charge in [-0.05, 0) is 67.2 Å². The Morgan fingerprint density at radius 2 is 1.89 bits per heavy atom. The molecule has 2 atom stereocenters. The van der Waals surface area contributed by atoms with E-state index in [0.29, 0.717) is 6.04 Å². The van der Waals surface area contributed by atoms with Crippen molar-refractivity contribution in [2.24, 2.45) is 0 Å². The molecular weight excluding hydrogens is 368 g/mol. The monoisotopic (exact) mass is 392 g/mol. The Hall–Kier alpha value is -2.34. The number of anilines is 1. The smallest absolute Gasteiger partial charge is 0.160 e. The standard InChI is InChI=1S/C23H24N2O2S/c1-25(2)16-11-13-4-5-14(10-15(13)12-16)20-19(27-3)7-6-18-21(20)17-8-9-28-22(17)23(26)24-18/h4-10,16,23-24,26H,11-12H2,1-3H3. The number of nitrogens with one attached hydrogen (secondary N) is 1. The fourth-order valence-electron chi connectivity index (χ4n) is 4.51. The van der Waals surface area contributed by atoms with E-state index in [0.717, 1.165) is 45.8 Å². The number of benzene rings is 2. The lowest BCUT2D eigenvalue weighted by molar-refractivity contribution is 0.211. The van der Waals surface area contributed by atoms with Crippen LogP contribution in [0.2, 0.25) is 0 Å².